The Morgan fingerprint density at radius 1 is 1.40 bits per heavy atom. The zero-order valence-corrected chi connectivity index (χ0v) is 11.7. The number of amides is 2. The van der Waals surface area contributed by atoms with Crippen molar-refractivity contribution in [2.45, 2.75) is 0 Å². The molecule has 2 rings (SSSR count). The smallest absolute Gasteiger partial charge is 0.343 e. The molecule has 0 unspecified atom stereocenters. The molecule has 104 valence electrons. The fourth-order valence-electron chi connectivity index (χ4n) is 1.55. The van der Waals surface area contributed by atoms with E-state index in [4.69, 9.17) is 5.11 Å². The van der Waals surface area contributed by atoms with Gasteiger partial charge in [0.05, 0.1) is 11.2 Å². The highest BCUT2D eigenvalue weighted by atomic mass is 79.9. The highest BCUT2D eigenvalue weighted by Crippen LogP contribution is 2.23. The van der Waals surface area contributed by atoms with Gasteiger partial charge in [0.2, 0.25) is 0 Å². The molecule has 0 saturated carbocycles. The second kappa shape index (κ2) is 6.31. The van der Waals surface area contributed by atoms with Gasteiger partial charge in [0.25, 0.3) is 0 Å². The maximum absolute atomic E-state index is 11.5. The summed E-state index contributed by atoms with van der Waals surface area (Å²) in [6.07, 6.45) is 1.62. The SMILES string of the molecule is O=C(O)CONC(=O)Nc1cccc2cc(Br)cnc12. The number of anilines is 1. The molecule has 1 aromatic carbocycles. The molecule has 2 aromatic rings. The second-order valence-electron chi connectivity index (χ2n) is 3.77. The van der Waals surface area contributed by atoms with E-state index in [0.717, 1.165) is 9.86 Å². The summed E-state index contributed by atoms with van der Waals surface area (Å²) < 4.78 is 0.830. The number of carboxylic acids is 1. The minimum Gasteiger partial charge on any atom is -0.479 e. The molecule has 0 fully saturated rings. The van der Waals surface area contributed by atoms with E-state index in [2.05, 4.69) is 31.1 Å². The molecule has 0 radical (unpaired) electrons. The Kier molecular flexibility index (Phi) is 4.49. The number of hydrogen-bond donors (Lipinski definition) is 3. The second-order valence-corrected chi connectivity index (χ2v) is 4.69. The first-order chi connectivity index (χ1) is 9.56. The van der Waals surface area contributed by atoms with Crippen LogP contribution < -0.4 is 10.8 Å². The number of hydroxylamine groups is 1. The van der Waals surface area contributed by atoms with Gasteiger partial charge in [0, 0.05) is 16.1 Å². The average molecular weight is 340 g/mol. The first-order valence-electron chi connectivity index (χ1n) is 5.51. The van der Waals surface area contributed by atoms with E-state index in [-0.39, 0.29) is 0 Å². The van der Waals surface area contributed by atoms with Gasteiger partial charge < -0.3 is 10.4 Å². The minimum absolute atomic E-state index is 0.492. The number of urea groups is 1. The standard InChI is InChI=1S/C12H10BrN3O4/c13-8-4-7-2-1-3-9(11(7)14-5-8)15-12(19)16-20-6-10(17)18/h1-5H,6H2,(H,17,18)(H2,15,16,19). The summed E-state index contributed by atoms with van der Waals surface area (Å²) in [7, 11) is 0. The summed E-state index contributed by atoms with van der Waals surface area (Å²) in [6.45, 7) is -0.617. The van der Waals surface area contributed by atoms with Crippen LogP contribution in [-0.2, 0) is 9.63 Å². The first-order valence-corrected chi connectivity index (χ1v) is 6.30. The van der Waals surface area contributed by atoms with Gasteiger partial charge in [-0.25, -0.2) is 15.1 Å². The highest BCUT2D eigenvalue weighted by Gasteiger charge is 2.07. The molecule has 1 heterocycles. The van der Waals surface area contributed by atoms with Crippen LogP contribution in [0.5, 0.6) is 0 Å². The predicted molar refractivity (Wildman–Crippen MR) is 75.2 cm³/mol. The summed E-state index contributed by atoms with van der Waals surface area (Å²) in [5, 5.41) is 11.8. The van der Waals surface area contributed by atoms with Gasteiger partial charge >= 0.3 is 12.0 Å². The third kappa shape index (κ3) is 3.65. The minimum atomic E-state index is -1.18. The van der Waals surface area contributed by atoms with Gasteiger partial charge in [-0.2, -0.15) is 0 Å². The zero-order chi connectivity index (χ0) is 14.5. The number of carbonyl (C=O) groups is 2. The van der Waals surface area contributed by atoms with Crippen LogP contribution in [-0.4, -0.2) is 28.7 Å². The number of para-hydroxylation sites is 1. The third-order valence-electron chi connectivity index (χ3n) is 2.29. The molecule has 7 nitrogen and oxygen atoms in total. The van der Waals surface area contributed by atoms with Gasteiger partial charge in [-0.3, -0.25) is 9.82 Å². The van der Waals surface area contributed by atoms with E-state index < -0.39 is 18.6 Å². The van der Waals surface area contributed by atoms with Gasteiger partial charge in [-0.1, -0.05) is 12.1 Å². The van der Waals surface area contributed by atoms with Crippen molar-refractivity contribution in [1.82, 2.24) is 10.5 Å². The Morgan fingerprint density at radius 2 is 2.20 bits per heavy atom. The number of nitrogens with zero attached hydrogens (tertiary/aromatic N) is 1. The van der Waals surface area contributed by atoms with Crippen molar-refractivity contribution in [3.8, 4) is 0 Å². The van der Waals surface area contributed by atoms with Crippen molar-refractivity contribution in [2.24, 2.45) is 0 Å². The summed E-state index contributed by atoms with van der Waals surface area (Å²) in [5.74, 6) is -1.18. The van der Waals surface area contributed by atoms with Crippen LogP contribution in [0.4, 0.5) is 10.5 Å². The molecule has 2 amide bonds. The van der Waals surface area contributed by atoms with Gasteiger partial charge in [-0.15, -0.1) is 0 Å². The van der Waals surface area contributed by atoms with Crippen LogP contribution in [0.15, 0.2) is 34.9 Å². The number of aromatic nitrogens is 1. The summed E-state index contributed by atoms with van der Waals surface area (Å²) in [5.41, 5.74) is 3.08. The molecular weight excluding hydrogens is 330 g/mol. The molecule has 0 aliphatic carbocycles. The third-order valence-corrected chi connectivity index (χ3v) is 2.72. The van der Waals surface area contributed by atoms with Crippen LogP contribution in [0, 0.1) is 0 Å². The van der Waals surface area contributed by atoms with Crippen molar-refractivity contribution in [3.05, 3.63) is 34.9 Å². The molecule has 8 heteroatoms. The van der Waals surface area contributed by atoms with Crippen LogP contribution in [0.3, 0.4) is 0 Å². The predicted octanol–water partition coefficient (Wildman–Crippen LogP) is 2.13. The normalized spacial score (nSPS) is 10.2. The van der Waals surface area contributed by atoms with Gasteiger partial charge in [-0.05, 0) is 28.1 Å². The Morgan fingerprint density at radius 3 is 2.95 bits per heavy atom. The summed E-state index contributed by atoms with van der Waals surface area (Å²) in [4.78, 5) is 30.5. The number of pyridine rings is 1. The molecule has 3 N–H and O–H groups in total. The number of aliphatic carboxylic acids is 1. The maximum Gasteiger partial charge on any atom is 0.343 e. The highest BCUT2D eigenvalue weighted by molar-refractivity contribution is 9.10. The average Bonchev–Trinajstić information content (AvgIpc) is 2.38. The van der Waals surface area contributed by atoms with Crippen molar-refractivity contribution < 1.29 is 19.5 Å². The lowest BCUT2D eigenvalue weighted by Crippen LogP contribution is -2.30. The molecule has 20 heavy (non-hydrogen) atoms. The monoisotopic (exact) mass is 339 g/mol. The lowest BCUT2D eigenvalue weighted by Gasteiger charge is -2.09. The van der Waals surface area contributed by atoms with Crippen LogP contribution in [0.2, 0.25) is 0 Å². The fraction of sp³-hybridized carbons (Fsp3) is 0.0833. The molecule has 0 aliphatic heterocycles. The fourth-order valence-corrected chi connectivity index (χ4v) is 1.90. The van der Waals surface area contributed by atoms with E-state index >= 15 is 0 Å². The van der Waals surface area contributed by atoms with E-state index in [1.807, 2.05) is 17.6 Å². The molecule has 0 spiro atoms. The molecule has 0 atom stereocenters. The molecular formula is C12H10BrN3O4. The number of carbonyl (C=O) groups excluding carboxylic acids is 1. The maximum atomic E-state index is 11.5. The number of nitrogens with one attached hydrogen (secondary N) is 2. The van der Waals surface area contributed by atoms with E-state index in [1.165, 1.54) is 0 Å². The summed E-state index contributed by atoms with van der Waals surface area (Å²) >= 11 is 3.32. The number of benzene rings is 1. The van der Waals surface area contributed by atoms with Crippen molar-refractivity contribution in [2.75, 3.05) is 11.9 Å². The van der Waals surface area contributed by atoms with Crippen molar-refractivity contribution in [1.29, 1.82) is 0 Å². The zero-order valence-electron chi connectivity index (χ0n) is 10.1. The quantitative estimate of drug-likeness (QED) is 0.741. The Hall–Kier alpha value is -2.19. The Bertz CT molecular complexity index is 662. The van der Waals surface area contributed by atoms with Crippen LogP contribution in [0.1, 0.15) is 0 Å². The Labute approximate surface area is 122 Å². The lowest BCUT2D eigenvalue weighted by molar-refractivity contribution is -0.143. The van der Waals surface area contributed by atoms with Gasteiger partial charge in [0.15, 0.2) is 6.61 Å². The van der Waals surface area contributed by atoms with Gasteiger partial charge in [0.1, 0.15) is 0 Å². The number of rotatable bonds is 4. The van der Waals surface area contributed by atoms with E-state index in [1.54, 1.807) is 18.3 Å². The molecule has 0 bridgehead atoms. The molecule has 0 saturated heterocycles. The number of halogens is 1. The van der Waals surface area contributed by atoms with E-state index in [9.17, 15) is 9.59 Å². The Balaban J connectivity index is 2.09. The van der Waals surface area contributed by atoms with Crippen LogP contribution >= 0.6 is 15.9 Å². The van der Waals surface area contributed by atoms with E-state index in [0.29, 0.717) is 11.2 Å². The summed E-state index contributed by atoms with van der Waals surface area (Å²) in [6, 6.07) is 6.50. The van der Waals surface area contributed by atoms with Crippen molar-refractivity contribution in [3.63, 3.8) is 0 Å². The first kappa shape index (κ1) is 14.2. The topological polar surface area (TPSA) is 101 Å². The number of fused-ring (bicyclic) bond motifs is 1. The van der Waals surface area contributed by atoms with Crippen LogP contribution in [0.25, 0.3) is 10.9 Å². The van der Waals surface area contributed by atoms with Crippen molar-refractivity contribution >= 4 is 44.5 Å². The lowest BCUT2D eigenvalue weighted by atomic mass is 10.2. The number of carboxylic acid groups (broad SMARTS) is 1. The molecule has 0 aliphatic rings. The largest absolute Gasteiger partial charge is 0.479 e. The number of hydrogen-bond acceptors (Lipinski definition) is 4. The molecule has 1 aromatic heterocycles.